The summed E-state index contributed by atoms with van der Waals surface area (Å²) in [6.45, 7) is 1.39. The molecule has 19 heavy (non-hydrogen) atoms. The topological polar surface area (TPSA) is 56.0 Å². The maximum Gasteiger partial charge on any atom is 0.204 e. The first-order chi connectivity index (χ1) is 8.97. The zero-order valence-corrected chi connectivity index (χ0v) is 11.0. The van der Waals surface area contributed by atoms with E-state index in [2.05, 4.69) is 4.98 Å². The number of benzene rings is 1. The maximum atomic E-state index is 13.1. The molecule has 2 aromatic rings. The Balaban J connectivity index is 2.35. The van der Waals surface area contributed by atoms with Crippen LogP contribution < -0.4 is 5.73 Å². The van der Waals surface area contributed by atoms with Crippen molar-refractivity contribution in [3.05, 3.63) is 46.2 Å². The fourth-order valence-electron chi connectivity index (χ4n) is 1.68. The number of thiazole rings is 1. The number of ketones is 1. The van der Waals surface area contributed by atoms with Gasteiger partial charge in [-0.05, 0) is 31.2 Å². The summed E-state index contributed by atoms with van der Waals surface area (Å²) in [6.07, 6.45) is -1.07. The van der Waals surface area contributed by atoms with Crippen molar-refractivity contribution in [2.24, 2.45) is 0 Å². The molecule has 3 nitrogen and oxygen atoms in total. The van der Waals surface area contributed by atoms with E-state index in [1.165, 1.54) is 31.2 Å². The molecule has 1 aromatic heterocycles. The third kappa shape index (κ3) is 3.14. The van der Waals surface area contributed by atoms with Crippen molar-refractivity contribution in [1.29, 1.82) is 0 Å². The Labute approximate surface area is 113 Å². The van der Waals surface area contributed by atoms with Crippen molar-refractivity contribution in [2.45, 2.75) is 19.5 Å². The average molecular weight is 282 g/mol. The molecule has 2 rings (SSSR count). The van der Waals surface area contributed by atoms with E-state index in [-0.39, 0.29) is 17.3 Å². The molecule has 0 fully saturated rings. The van der Waals surface area contributed by atoms with E-state index in [0.29, 0.717) is 16.1 Å². The molecule has 1 aromatic carbocycles. The monoisotopic (exact) mass is 282 g/mol. The molecule has 0 aliphatic heterocycles. The number of carbonyl (C=O) groups is 1. The Kier molecular flexibility index (Phi) is 3.90. The number of alkyl halides is 1. The summed E-state index contributed by atoms with van der Waals surface area (Å²) in [5.74, 6) is -0.733. The van der Waals surface area contributed by atoms with Crippen molar-refractivity contribution < 1.29 is 13.6 Å². The highest BCUT2D eigenvalue weighted by Crippen LogP contribution is 2.25. The predicted octanol–water partition coefficient (Wildman–Crippen LogP) is 3.00. The second-order valence-corrected chi connectivity index (χ2v) is 5.18. The van der Waals surface area contributed by atoms with Crippen LogP contribution in [0.1, 0.15) is 27.9 Å². The average Bonchev–Trinajstić information content (AvgIpc) is 2.69. The maximum absolute atomic E-state index is 13.1. The van der Waals surface area contributed by atoms with E-state index < -0.39 is 12.0 Å². The molecule has 0 spiro atoms. The van der Waals surface area contributed by atoms with Crippen LogP contribution in [0, 0.1) is 5.82 Å². The number of hydrogen-bond donors (Lipinski definition) is 1. The van der Waals surface area contributed by atoms with Crippen LogP contribution in [0.15, 0.2) is 24.3 Å². The van der Waals surface area contributed by atoms with E-state index in [1.54, 1.807) is 0 Å². The summed E-state index contributed by atoms with van der Waals surface area (Å²) in [7, 11) is 0. The van der Waals surface area contributed by atoms with Gasteiger partial charge in [0.05, 0.1) is 5.69 Å². The van der Waals surface area contributed by atoms with Gasteiger partial charge in [0, 0.05) is 12.0 Å². The third-order valence-electron chi connectivity index (χ3n) is 2.50. The second kappa shape index (κ2) is 5.44. The zero-order chi connectivity index (χ0) is 14.0. The van der Waals surface area contributed by atoms with Gasteiger partial charge in [0.15, 0.2) is 5.13 Å². The molecule has 100 valence electrons. The molecule has 1 unspecified atom stereocenters. The van der Waals surface area contributed by atoms with Gasteiger partial charge >= 0.3 is 0 Å². The summed E-state index contributed by atoms with van der Waals surface area (Å²) >= 11 is 1.02. The Morgan fingerprint density at radius 3 is 2.63 bits per heavy atom. The fourth-order valence-corrected chi connectivity index (χ4v) is 2.51. The summed E-state index contributed by atoms with van der Waals surface area (Å²) in [5.41, 5.74) is 6.25. The van der Waals surface area contributed by atoms with Gasteiger partial charge in [0.25, 0.3) is 0 Å². The first-order valence-corrected chi connectivity index (χ1v) is 6.48. The first kappa shape index (κ1) is 13.6. The Bertz CT molecular complexity index is 593. The van der Waals surface area contributed by atoms with Gasteiger partial charge in [-0.2, -0.15) is 0 Å². The molecule has 2 N–H and O–H groups in total. The molecule has 0 bridgehead atoms. The van der Waals surface area contributed by atoms with E-state index in [1.807, 2.05) is 0 Å². The number of nitrogens with two attached hydrogens (primary N) is 1. The SMILES string of the molecule is CC(F)Cc1nc(N)sc1C(=O)c1ccc(F)cc1. The molecular weight excluding hydrogens is 270 g/mol. The van der Waals surface area contributed by atoms with Crippen molar-refractivity contribution in [1.82, 2.24) is 4.98 Å². The van der Waals surface area contributed by atoms with Crippen molar-refractivity contribution in [3.8, 4) is 0 Å². The summed E-state index contributed by atoms with van der Waals surface area (Å²) < 4.78 is 25.9. The van der Waals surface area contributed by atoms with Crippen LogP contribution >= 0.6 is 11.3 Å². The highest BCUT2D eigenvalue weighted by molar-refractivity contribution is 7.17. The standard InChI is InChI=1S/C13H12F2N2OS/c1-7(14)6-10-12(19-13(16)17-10)11(18)8-2-4-9(15)5-3-8/h2-5,7H,6H2,1H3,(H2,16,17). The smallest absolute Gasteiger partial charge is 0.204 e. The first-order valence-electron chi connectivity index (χ1n) is 5.67. The predicted molar refractivity (Wildman–Crippen MR) is 70.6 cm³/mol. The van der Waals surface area contributed by atoms with Gasteiger partial charge in [-0.15, -0.1) is 0 Å². The quantitative estimate of drug-likeness (QED) is 0.877. The largest absolute Gasteiger partial charge is 0.375 e. The summed E-state index contributed by atoms with van der Waals surface area (Å²) in [5, 5.41) is 0.223. The lowest BCUT2D eigenvalue weighted by Crippen LogP contribution is -2.07. The summed E-state index contributed by atoms with van der Waals surface area (Å²) in [6, 6.07) is 5.18. The molecule has 1 heterocycles. The molecule has 0 aliphatic rings. The number of aromatic nitrogens is 1. The Morgan fingerprint density at radius 1 is 1.42 bits per heavy atom. The number of rotatable bonds is 4. The van der Waals surface area contributed by atoms with E-state index >= 15 is 0 Å². The minimum Gasteiger partial charge on any atom is -0.375 e. The van der Waals surface area contributed by atoms with Crippen LogP contribution in [0.4, 0.5) is 13.9 Å². The van der Waals surface area contributed by atoms with Crippen molar-refractivity contribution >= 4 is 22.3 Å². The van der Waals surface area contributed by atoms with Crippen LogP contribution in [0.25, 0.3) is 0 Å². The Hall–Kier alpha value is -1.82. The van der Waals surface area contributed by atoms with Gasteiger partial charge in [-0.3, -0.25) is 4.79 Å². The van der Waals surface area contributed by atoms with Gasteiger partial charge in [-0.25, -0.2) is 13.8 Å². The number of nitrogens with zero attached hydrogens (tertiary/aromatic N) is 1. The molecule has 0 radical (unpaired) electrons. The molecule has 0 saturated carbocycles. The lowest BCUT2D eigenvalue weighted by molar-refractivity contribution is 0.104. The Morgan fingerprint density at radius 2 is 2.05 bits per heavy atom. The number of nitrogen functional groups attached to an aromatic ring is 1. The zero-order valence-electron chi connectivity index (χ0n) is 10.2. The van der Waals surface area contributed by atoms with Gasteiger partial charge < -0.3 is 5.73 Å². The van der Waals surface area contributed by atoms with Gasteiger partial charge in [0.2, 0.25) is 5.78 Å². The van der Waals surface area contributed by atoms with Crippen molar-refractivity contribution in [2.75, 3.05) is 5.73 Å². The number of halogens is 2. The van der Waals surface area contributed by atoms with Crippen LogP contribution in [-0.4, -0.2) is 16.9 Å². The molecular formula is C13H12F2N2OS. The van der Waals surface area contributed by atoms with Crippen LogP contribution in [0.3, 0.4) is 0 Å². The lowest BCUT2D eigenvalue weighted by atomic mass is 10.1. The fraction of sp³-hybridized carbons (Fsp3) is 0.231. The van der Waals surface area contributed by atoms with E-state index in [4.69, 9.17) is 5.73 Å². The number of anilines is 1. The molecule has 0 aliphatic carbocycles. The van der Waals surface area contributed by atoms with E-state index in [0.717, 1.165) is 11.3 Å². The van der Waals surface area contributed by atoms with Gasteiger partial charge in [-0.1, -0.05) is 11.3 Å². The van der Waals surface area contributed by atoms with Crippen molar-refractivity contribution in [3.63, 3.8) is 0 Å². The van der Waals surface area contributed by atoms with E-state index in [9.17, 15) is 13.6 Å². The lowest BCUT2D eigenvalue weighted by Gasteiger charge is -2.02. The minimum absolute atomic E-state index is 0.0377. The minimum atomic E-state index is -1.11. The van der Waals surface area contributed by atoms with Crippen LogP contribution in [0.2, 0.25) is 0 Å². The number of hydrogen-bond acceptors (Lipinski definition) is 4. The second-order valence-electron chi connectivity index (χ2n) is 4.15. The molecule has 6 heteroatoms. The molecule has 1 atom stereocenters. The molecule has 0 amide bonds. The summed E-state index contributed by atoms with van der Waals surface area (Å²) in [4.78, 5) is 16.5. The third-order valence-corrected chi connectivity index (χ3v) is 3.43. The highest BCUT2D eigenvalue weighted by Gasteiger charge is 2.20. The molecule has 0 saturated heterocycles. The van der Waals surface area contributed by atoms with Crippen LogP contribution in [0.5, 0.6) is 0 Å². The van der Waals surface area contributed by atoms with Gasteiger partial charge in [0.1, 0.15) is 16.9 Å². The normalized spacial score (nSPS) is 12.4. The number of carbonyl (C=O) groups excluding carboxylic acids is 1. The highest BCUT2D eigenvalue weighted by atomic mass is 32.1. The van der Waals surface area contributed by atoms with Crippen LogP contribution in [-0.2, 0) is 6.42 Å².